The van der Waals surface area contributed by atoms with E-state index in [1.165, 1.54) is 0 Å². The van der Waals surface area contributed by atoms with Crippen LogP contribution >= 0.6 is 23.2 Å². The van der Waals surface area contributed by atoms with Crippen molar-refractivity contribution >= 4 is 35.3 Å². The van der Waals surface area contributed by atoms with Gasteiger partial charge in [-0.05, 0) is 20.3 Å². The van der Waals surface area contributed by atoms with Crippen molar-refractivity contribution in [1.29, 1.82) is 0 Å². The molecule has 7 heteroatoms. The highest BCUT2D eigenvalue weighted by molar-refractivity contribution is 6.53. The highest BCUT2D eigenvalue weighted by Gasteiger charge is 2.68. The molecule has 0 unspecified atom stereocenters. The summed E-state index contributed by atoms with van der Waals surface area (Å²) in [7, 11) is 1.84. The lowest BCUT2D eigenvalue weighted by atomic mass is 10.1. The summed E-state index contributed by atoms with van der Waals surface area (Å²) in [4.78, 5) is 11.8. The molecule has 0 spiro atoms. The van der Waals surface area contributed by atoms with E-state index < -0.39 is 9.75 Å². The first-order valence-corrected chi connectivity index (χ1v) is 6.23. The molecule has 0 aromatic carbocycles. The van der Waals surface area contributed by atoms with Gasteiger partial charge in [-0.2, -0.15) is 10.2 Å². The molecule has 2 rings (SSSR count). The van der Waals surface area contributed by atoms with E-state index in [1.807, 2.05) is 14.0 Å². The molecule has 18 heavy (non-hydrogen) atoms. The molecular formula is C11H14Cl2N4O. The molecule has 1 saturated carbocycles. The third kappa shape index (κ3) is 2.12. The number of carbonyl (C=O) groups is 1. The SMILES string of the molecule is Cc1c(/C=N\NC(=O)[C@@]2(C)CC2(Cl)Cl)cnn1C. The van der Waals surface area contributed by atoms with Crippen molar-refractivity contribution in [2.75, 3.05) is 0 Å². The molecule has 5 nitrogen and oxygen atoms in total. The summed E-state index contributed by atoms with van der Waals surface area (Å²) in [6.45, 7) is 3.63. The van der Waals surface area contributed by atoms with Gasteiger partial charge in [0.15, 0.2) is 0 Å². The van der Waals surface area contributed by atoms with Gasteiger partial charge in [0.1, 0.15) is 4.33 Å². The van der Waals surface area contributed by atoms with Crippen molar-refractivity contribution in [2.24, 2.45) is 17.6 Å². The molecule has 1 atom stereocenters. The van der Waals surface area contributed by atoms with Crippen molar-refractivity contribution in [3.63, 3.8) is 0 Å². The minimum atomic E-state index is -0.975. The predicted molar refractivity (Wildman–Crippen MR) is 70.8 cm³/mol. The van der Waals surface area contributed by atoms with E-state index in [9.17, 15) is 4.79 Å². The zero-order valence-corrected chi connectivity index (χ0v) is 11.9. The van der Waals surface area contributed by atoms with Crippen LogP contribution in [0.5, 0.6) is 0 Å². The van der Waals surface area contributed by atoms with Gasteiger partial charge in [0.2, 0.25) is 5.91 Å². The molecule has 0 radical (unpaired) electrons. The quantitative estimate of drug-likeness (QED) is 0.523. The normalized spacial score (nSPS) is 25.4. The number of halogens is 2. The number of rotatable bonds is 3. The number of carbonyl (C=O) groups excluding carboxylic acids is 1. The number of alkyl halides is 2. The van der Waals surface area contributed by atoms with Crippen molar-refractivity contribution in [3.8, 4) is 0 Å². The number of amides is 1. The number of aromatic nitrogens is 2. The average Bonchev–Trinajstić information content (AvgIpc) is 2.66. The van der Waals surface area contributed by atoms with E-state index in [4.69, 9.17) is 23.2 Å². The monoisotopic (exact) mass is 288 g/mol. The van der Waals surface area contributed by atoms with Crippen LogP contribution < -0.4 is 5.43 Å². The molecule has 0 saturated heterocycles. The van der Waals surface area contributed by atoms with Crippen molar-refractivity contribution in [2.45, 2.75) is 24.6 Å². The Hall–Kier alpha value is -1.07. The number of hydrogen-bond donors (Lipinski definition) is 1. The van der Waals surface area contributed by atoms with Crippen LogP contribution in [-0.4, -0.2) is 26.2 Å². The number of hydrogen-bond acceptors (Lipinski definition) is 3. The molecule has 1 aromatic heterocycles. The van der Waals surface area contributed by atoms with E-state index in [-0.39, 0.29) is 5.91 Å². The number of aryl methyl sites for hydroxylation is 1. The highest BCUT2D eigenvalue weighted by atomic mass is 35.5. The predicted octanol–water partition coefficient (Wildman–Crippen LogP) is 1.76. The number of hydrazone groups is 1. The van der Waals surface area contributed by atoms with E-state index >= 15 is 0 Å². The highest BCUT2D eigenvalue weighted by Crippen LogP contribution is 2.63. The molecule has 0 bridgehead atoms. The second-order valence-corrected chi connectivity index (χ2v) is 6.21. The Morgan fingerprint density at radius 2 is 2.28 bits per heavy atom. The van der Waals surface area contributed by atoms with E-state index in [0.29, 0.717) is 6.42 Å². The van der Waals surface area contributed by atoms with E-state index in [0.717, 1.165) is 11.3 Å². The fourth-order valence-corrected chi connectivity index (χ4v) is 2.28. The van der Waals surface area contributed by atoms with Gasteiger partial charge in [-0.3, -0.25) is 9.48 Å². The van der Waals surface area contributed by atoms with Crippen LogP contribution in [0.1, 0.15) is 24.6 Å². The topological polar surface area (TPSA) is 59.3 Å². The van der Waals surface area contributed by atoms with E-state index in [1.54, 1.807) is 24.0 Å². The largest absolute Gasteiger partial charge is 0.272 e. The Morgan fingerprint density at radius 3 is 2.72 bits per heavy atom. The molecule has 1 aliphatic carbocycles. The third-order valence-corrected chi connectivity index (χ3v) is 4.50. The van der Waals surface area contributed by atoms with E-state index in [2.05, 4.69) is 15.6 Å². The first kappa shape index (κ1) is 13.4. The molecule has 1 heterocycles. The fraction of sp³-hybridized carbons (Fsp3) is 0.545. The Kier molecular flexibility index (Phi) is 3.15. The summed E-state index contributed by atoms with van der Waals surface area (Å²) >= 11 is 11.8. The molecule has 0 aliphatic heterocycles. The minimum Gasteiger partial charge on any atom is -0.272 e. The van der Waals surface area contributed by atoms with Crippen LogP contribution in [0, 0.1) is 12.3 Å². The van der Waals surface area contributed by atoms with Gasteiger partial charge in [-0.25, -0.2) is 5.43 Å². The lowest BCUT2D eigenvalue weighted by Gasteiger charge is -2.08. The lowest BCUT2D eigenvalue weighted by molar-refractivity contribution is -0.125. The summed E-state index contributed by atoms with van der Waals surface area (Å²) in [6, 6.07) is 0. The van der Waals surface area contributed by atoms with Crippen molar-refractivity contribution in [1.82, 2.24) is 15.2 Å². The smallest absolute Gasteiger partial charge is 0.249 e. The molecule has 1 aliphatic rings. The first-order chi connectivity index (χ1) is 8.28. The van der Waals surface area contributed by atoms with Gasteiger partial charge in [0.05, 0.1) is 17.8 Å². The number of nitrogens with one attached hydrogen (secondary N) is 1. The summed E-state index contributed by atoms with van der Waals surface area (Å²) in [5.74, 6) is -0.273. The second-order valence-electron chi connectivity index (χ2n) is 4.72. The van der Waals surface area contributed by atoms with Crippen LogP contribution in [0.25, 0.3) is 0 Å². The fourth-order valence-electron chi connectivity index (χ4n) is 1.57. The summed E-state index contributed by atoms with van der Waals surface area (Å²) in [5.41, 5.74) is 3.51. The Balaban J connectivity index is 1.97. The first-order valence-electron chi connectivity index (χ1n) is 5.48. The van der Waals surface area contributed by atoms with Crippen molar-refractivity contribution in [3.05, 3.63) is 17.5 Å². The van der Waals surface area contributed by atoms with Gasteiger partial charge in [0, 0.05) is 18.3 Å². The van der Waals surface area contributed by atoms with Crippen LogP contribution in [0.3, 0.4) is 0 Å². The Bertz CT molecular complexity index is 523. The van der Waals surface area contributed by atoms with Crippen LogP contribution in [0.2, 0.25) is 0 Å². The van der Waals surface area contributed by atoms with Crippen molar-refractivity contribution < 1.29 is 4.79 Å². The van der Waals surface area contributed by atoms with Gasteiger partial charge in [-0.15, -0.1) is 23.2 Å². The maximum absolute atomic E-state index is 11.8. The molecule has 1 aromatic rings. The lowest BCUT2D eigenvalue weighted by Crippen LogP contribution is -2.29. The maximum atomic E-state index is 11.8. The summed E-state index contributed by atoms with van der Waals surface area (Å²) < 4.78 is 0.755. The third-order valence-electron chi connectivity index (χ3n) is 3.40. The zero-order chi connectivity index (χ0) is 13.6. The average molecular weight is 289 g/mol. The summed E-state index contributed by atoms with van der Waals surface area (Å²) in [6.07, 6.45) is 3.67. The Labute approximate surface area is 115 Å². The summed E-state index contributed by atoms with van der Waals surface area (Å²) in [5, 5.41) is 7.96. The van der Waals surface area contributed by atoms with Crippen LogP contribution in [0.4, 0.5) is 0 Å². The number of nitrogens with zero attached hydrogens (tertiary/aromatic N) is 3. The maximum Gasteiger partial charge on any atom is 0.249 e. The van der Waals surface area contributed by atoms with Gasteiger partial charge in [0.25, 0.3) is 0 Å². The van der Waals surface area contributed by atoms with Gasteiger partial charge >= 0.3 is 0 Å². The molecule has 1 N–H and O–H groups in total. The van der Waals surface area contributed by atoms with Crippen LogP contribution in [0.15, 0.2) is 11.3 Å². The van der Waals surface area contributed by atoms with Gasteiger partial charge < -0.3 is 0 Å². The van der Waals surface area contributed by atoms with Gasteiger partial charge in [-0.1, -0.05) is 0 Å². The molecule has 1 fully saturated rings. The minimum absolute atomic E-state index is 0.273. The standard InChI is InChI=1S/C11H14Cl2N4O/c1-7-8(5-15-17(7)3)4-14-16-9(18)10(2)6-11(10,12)13/h4-5H,6H2,1-3H3,(H,16,18)/b14-4-/t10-/m1/s1. The second kappa shape index (κ2) is 4.24. The molecule has 1 amide bonds. The van der Waals surface area contributed by atoms with Crippen LogP contribution in [-0.2, 0) is 11.8 Å². The molecular weight excluding hydrogens is 275 g/mol. The zero-order valence-electron chi connectivity index (χ0n) is 10.4. The Morgan fingerprint density at radius 1 is 1.67 bits per heavy atom. The molecule has 98 valence electrons.